The highest BCUT2D eigenvalue weighted by Crippen LogP contribution is 2.28. The Morgan fingerprint density at radius 2 is 2.05 bits per heavy atom. The lowest BCUT2D eigenvalue weighted by Gasteiger charge is -2.07. The lowest BCUT2D eigenvalue weighted by atomic mass is 10.3. The van der Waals surface area contributed by atoms with E-state index < -0.39 is 15.0 Å². The van der Waals surface area contributed by atoms with Crippen molar-refractivity contribution < 1.29 is 17.6 Å². The first kappa shape index (κ1) is 16.0. The average Bonchev–Trinajstić information content (AvgIpc) is 2.69. The van der Waals surface area contributed by atoms with E-state index in [2.05, 4.69) is 26.2 Å². The number of anilines is 1. The molecule has 0 saturated heterocycles. The molecule has 1 aromatic heterocycles. The second kappa shape index (κ2) is 5.78. The average molecular weight is 394 g/mol. The molecule has 1 heterocycles. The van der Waals surface area contributed by atoms with Crippen molar-refractivity contribution in [3.05, 3.63) is 40.0 Å². The number of hydrogen-bond donors (Lipinski definition) is 1. The van der Waals surface area contributed by atoms with Crippen LogP contribution in [0.25, 0.3) is 0 Å². The van der Waals surface area contributed by atoms with Crippen LogP contribution in [-0.4, -0.2) is 19.3 Å². The van der Waals surface area contributed by atoms with Gasteiger partial charge < -0.3 is 9.73 Å². The topological polar surface area (TPSA) is 89.3 Å². The van der Waals surface area contributed by atoms with Crippen LogP contribution in [0.2, 0.25) is 0 Å². The van der Waals surface area contributed by atoms with Crippen LogP contribution in [0.5, 0.6) is 0 Å². The van der Waals surface area contributed by atoms with Crippen molar-refractivity contribution in [3.8, 4) is 0 Å². The summed E-state index contributed by atoms with van der Waals surface area (Å²) in [6.45, 7) is 3.30. The number of oxazole rings is 1. The van der Waals surface area contributed by atoms with Gasteiger partial charge in [0.1, 0.15) is 0 Å². The lowest BCUT2D eigenvalue weighted by Crippen LogP contribution is -2.12. The van der Waals surface area contributed by atoms with E-state index >= 15 is 0 Å². The van der Waals surface area contributed by atoms with Crippen molar-refractivity contribution >= 4 is 47.3 Å². The van der Waals surface area contributed by atoms with Gasteiger partial charge in [0.05, 0.1) is 16.3 Å². The number of halogens is 2. The van der Waals surface area contributed by atoms with Crippen LogP contribution >= 0.6 is 26.6 Å². The van der Waals surface area contributed by atoms with E-state index in [0.717, 1.165) is 0 Å². The molecule has 0 bridgehead atoms. The molecule has 6 nitrogen and oxygen atoms in total. The minimum Gasteiger partial charge on any atom is -0.436 e. The Morgan fingerprint density at radius 1 is 1.38 bits per heavy atom. The van der Waals surface area contributed by atoms with Crippen molar-refractivity contribution in [2.45, 2.75) is 18.7 Å². The molecule has 0 spiro atoms. The second-order valence-electron chi connectivity index (χ2n) is 4.18. The number of aryl methyl sites for hydroxylation is 2. The van der Waals surface area contributed by atoms with Gasteiger partial charge in [0.25, 0.3) is 15.0 Å². The summed E-state index contributed by atoms with van der Waals surface area (Å²) in [5.41, 5.74) is 0.860. The van der Waals surface area contributed by atoms with Crippen molar-refractivity contribution in [2.24, 2.45) is 0 Å². The quantitative estimate of drug-likeness (QED) is 0.809. The predicted molar refractivity (Wildman–Crippen MR) is 81.1 cm³/mol. The van der Waals surface area contributed by atoms with Crippen LogP contribution in [0.15, 0.2) is 32.0 Å². The van der Waals surface area contributed by atoms with Crippen molar-refractivity contribution in [2.75, 3.05) is 5.32 Å². The van der Waals surface area contributed by atoms with Gasteiger partial charge in [-0.3, -0.25) is 4.79 Å². The highest BCUT2D eigenvalue weighted by molar-refractivity contribution is 9.10. The first-order chi connectivity index (χ1) is 9.68. The minimum absolute atomic E-state index is 0.0688. The minimum atomic E-state index is -3.83. The highest BCUT2D eigenvalue weighted by Gasteiger charge is 2.18. The first-order valence-corrected chi connectivity index (χ1v) is 8.78. The normalized spacial score (nSPS) is 11.4. The van der Waals surface area contributed by atoms with E-state index in [0.29, 0.717) is 21.7 Å². The van der Waals surface area contributed by atoms with Gasteiger partial charge in [0, 0.05) is 22.1 Å². The summed E-state index contributed by atoms with van der Waals surface area (Å²) in [5.74, 6) is 0.0176. The zero-order valence-electron chi connectivity index (χ0n) is 11.0. The van der Waals surface area contributed by atoms with Gasteiger partial charge in [-0.25, -0.2) is 13.4 Å². The molecule has 0 aliphatic heterocycles. The van der Waals surface area contributed by atoms with Gasteiger partial charge in [-0.15, -0.1) is 0 Å². The third-order valence-electron chi connectivity index (χ3n) is 2.58. The predicted octanol–water partition coefficient (Wildman–Crippen LogP) is 3.23. The van der Waals surface area contributed by atoms with Crippen LogP contribution in [0.4, 0.5) is 5.69 Å². The molecule has 0 aliphatic rings. The number of amides is 1. The number of nitrogens with zero attached hydrogens (tertiary/aromatic N) is 1. The van der Waals surface area contributed by atoms with Crippen molar-refractivity contribution in [3.63, 3.8) is 0 Å². The molecule has 2 rings (SSSR count). The highest BCUT2D eigenvalue weighted by atomic mass is 79.9. The number of benzene rings is 1. The van der Waals surface area contributed by atoms with Crippen LogP contribution in [-0.2, 0) is 9.05 Å². The Balaban J connectivity index is 2.28. The Morgan fingerprint density at radius 3 is 2.52 bits per heavy atom. The van der Waals surface area contributed by atoms with Crippen LogP contribution in [0.1, 0.15) is 22.1 Å². The molecule has 0 unspecified atom stereocenters. The van der Waals surface area contributed by atoms with Gasteiger partial charge in [0.15, 0.2) is 5.89 Å². The molecular formula is C12H10BrClN2O4S. The van der Waals surface area contributed by atoms with E-state index in [4.69, 9.17) is 15.1 Å². The van der Waals surface area contributed by atoms with Crippen LogP contribution in [0, 0.1) is 13.8 Å². The molecule has 1 amide bonds. The van der Waals surface area contributed by atoms with Gasteiger partial charge >= 0.3 is 0 Å². The maximum atomic E-state index is 12.1. The van der Waals surface area contributed by atoms with E-state index in [1.165, 1.54) is 18.2 Å². The zero-order valence-corrected chi connectivity index (χ0v) is 14.1. The van der Waals surface area contributed by atoms with Crippen molar-refractivity contribution in [1.82, 2.24) is 4.98 Å². The summed E-state index contributed by atoms with van der Waals surface area (Å²) in [6.07, 6.45) is 0. The Hall–Kier alpha value is -1.38. The summed E-state index contributed by atoms with van der Waals surface area (Å²) >= 11 is 3.18. The van der Waals surface area contributed by atoms with Gasteiger partial charge in [-0.05, 0) is 41.1 Å². The Labute approximate surface area is 134 Å². The van der Waals surface area contributed by atoms with Crippen LogP contribution in [0.3, 0.4) is 0 Å². The maximum Gasteiger partial charge on any atom is 0.293 e. The molecule has 112 valence electrons. The van der Waals surface area contributed by atoms with Gasteiger partial charge in [-0.2, -0.15) is 0 Å². The third-order valence-corrected chi connectivity index (χ3v) is 4.59. The summed E-state index contributed by atoms with van der Waals surface area (Å²) in [7, 11) is 1.42. The van der Waals surface area contributed by atoms with Crippen molar-refractivity contribution in [1.29, 1.82) is 0 Å². The maximum absolute atomic E-state index is 12.1. The van der Waals surface area contributed by atoms with E-state index in [-0.39, 0.29) is 10.7 Å². The Bertz CT molecular complexity index is 817. The molecule has 0 atom stereocenters. The van der Waals surface area contributed by atoms with Gasteiger partial charge in [0.2, 0.25) is 5.76 Å². The molecule has 0 saturated carbocycles. The largest absolute Gasteiger partial charge is 0.436 e. The smallest absolute Gasteiger partial charge is 0.293 e. The molecule has 0 aliphatic carbocycles. The number of carbonyl (C=O) groups excluding carboxylic acids is 1. The Kier molecular flexibility index (Phi) is 4.40. The zero-order chi connectivity index (χ0) is 15.8. The van der Waals surface area contributed by atoms with Gasteiger partial charge in [-0.1, -0.05) is 0 Å². The number of nitrogens with one attached hydrogen (secondary N) is 1. The standard InChI is InChI=1S/C12H10BrClN2O4S/c1-6-11(20-7(2)15-6)12(17)16-10-4-3-8(5-9(10)13)21(14,18)19/h3-5H,1-2H3,(H,16,17). The summed E-state index contributed by atoms with van der Waals surface area (Å²) < 4.78 is 28.0. The summed E-state index contributed by atoms with van der Waals surface area (Å²) in [4.78, 5) is 16.0. The molecule has 1 aromatic carbocycles. The number of aromatic nitrogens is 1. The second-order valence-corrected chi connectivity index (χ2v) is 7.60. The molecule has 2 aromatic rings. The SMILES string of the molecule is Cc1nc(C)c(C(=O)Nc2ccc(S(=O)(=O)Cl)cc2Br)o1. The molecular weight excluding hydrogens is 384 g/mol. The molecule has 9 heteroatoms. The van der Waals surface area contributed by atoms with Crippen LogP contribution < -0.4 is 5.32 Å². The molecule has 21 heavy (non-hydrogen) atoms. The molecule has 0 radical (unpaired) electrons. The van der Waals surface area contributed by atoms with E-state index in [1.807, 2.05) is 0 Å². The fourth-order valence-electron chi connectivity index (χ4n) is 1.67. The molecule has 0 fully saturated rings. The van der Waals surface area contributed by atoms with E-state index in [9.17, 15) is 13.2 Å². The first-order valence-electron chi connectivity index (χ1n) is 5.68. The fourth-order valence-corrected chi connectivity index (χ4v) is 3.08. The van der Waals surface area contributed by atoms with E-state index in [1.54, 1.807) is 13.8 Å². The third kappa shape index (κ3) is 3.63. The fraction of sp³-hybridized carbons (Fsp3) is 0.167. The summed E-state index contributed by atoms with van der Waals surface area (Å²) in [5, 5.41) is 2.60. The number of hydrogen-bond acceptors (Lipinski definition) is 5. The number of carbonyl (C=O) groups is 1. The summed E-state index contributed by atoms with van der Waals surface area (Å²) in [6, 6.07) is 4.02. The lowest BCUT2D eigenvalue weighted by molar-refractivity contribution is 0.0994. The monoisotopic (exact) mass is 392 g/mol. The molecule has 1 N–H and O–H groups in total. The number of rotatable bonds is 3.